The van der Waals surface area contributed by atoms with Crippen LogP contribution >= 0.6 is 0 Å². The van der Waals surface area contributed by atoms with E-state index >= 15 is 4.79 Å². The number of hydrogen-bond acceptors (Lipinski definition) is 16. The lowest BCUT2D eigenvalue weighted by Gasteiger charge is -2.27. The predicted molar refractivity (Wildman–Crippen MR) is 392 cm³/mol. The Balaban J connectivity index is 0.697. The van der Waals surface area contributed by atoms with Crippen LogP contribution in [-0.2, 0) is 33.4 Å². The van der Waals surface area contributed by atoms with Crippen LogP contribution < -0.4 is 54.2 Å². The number of anilines is 3. The Hall–Kier alpha value is -9.96. The summed E-state index contributed by atoms with van der Waals surface area (Å²) in [4.78, 5) is 106. The molecule has 23 nitrogen and oxygen atoms in total. The van der Waals surface area contributed by atoms with Crippen molar-refractivity contribution < 1.29 is 76.2 Å². The van der Waals surface area contributed by atoms with E-state index in [2.05, 4.69) is 67.4 Å². The fourth-order valence-corrected chi connectivity index (χ4v) is 14.8. The Bertz CT molecular complexity index is 4250. The first-order chi connectivity index (χ1) is 48.9. The highest BCUT2D eigenvalue weighted by molar-refractivity contribution is 6.76. The number of nitrogens with one attached hydrogen (secondary N) is 3. The van der Waals surface area contributed by atoms with E-state index in [4.69, 9.17) is 42.6 Å². The lowest BCUT2D eigenvalue weighted by atomic mass is 9.98. The molecule has 6 aromatic carbocycles. The van der Waals surface area contributed by atoms with Crippen LogP contribution in [0, 0.1) is 5.92 Å². The number of alkyl carbamates (subject to hydrolysis) is 1. The van der Waals surface area contributed by atoms with Crippen LogP contribution in [0.5, 0.6) is 34.5 Å². The molecule has 1 unspecified atom stereocenters. The molecule has 0 spiro atoms. The summed E-state index contributed by atoms with van der Waals surface area (Å²) in [6.07, 6.45) is 3.43. The quantitative estimate of drug-likeness (QED) is 0.0305. The standard InChI is InChI=1S/C77H89N7O16Si2/c1-46(2)70(80-77(91)98-42-59-55-19-14-12-17-53(55)54-18-13-15-20-56(54)59)72(86)78-47(3)71(85)79-52-24-21-48(22-25-52)50-33-62-75(89)83(43-94-29-31-101(6,7)8)60-38-68(65(92-4)36-57(60)73(87)81(62)40-50)96-27-16-28-97-69-39-61-58(37-66(69)93-5)74(88)82-41-51(49-23-26-64-67(35-49)100-45-99-64)34-63(82)76(90)84(61)44-95-30-32-102(9,10)11/h12-15,17-26,35-41,46-47,59,62-63,70H,16,27-34,42-45H2,1-11H3,(H,78,86)(H,79,85)(H,80,91)/t47?,62-,63-,70-/m0/s1. The molecular formula is C77H89N7O16Si2. The third kappa shape index (κ3) is 15.6. The van der Waals surface area contributed by atoms with Crippen LogP contribution in [0.1, 0.15) is 88.9 Å². The van der Waals surface area contributed by atoms with E-state index in [1.54, 1.807) is 81.7 Å². The summed E-state index contributed by atoms with van der Waals surface area (Å²) in [7, 11) is -0.0972. The van der Waals surface area contributed by atoms with Gasteiger partial charge in [0.25, 0.3) is 23.6 Å². The lowest BCUT2D eigenvalue weighted by molar-refractivity contribution is -0.128. The van der Waals surface area contributed by atoms with E-state index in [1.807, 2.05) is 54.6 Å². The van der Waals surface area contributed by atoms with Crippen molar-refractivity contribution in [3.63, 3.8) is 0 Å². The van der Waals surface area contributed by atoms with Gasteiger partial charge in [0.15, 0.2) is 34.5 Å². The largest absolute Gasteiger partial charge is 0.493 e. The summed E-state index contributed by atoms with van der Waals surface area (Å²) in [5, 5.41) is 8.32. The van der Waals surface area contributed by atoms with E-state index in [9.17, 15) is 28.8 Å². The molecule has 536 valence electrons. The van der Waals surface area contributed by atoms with Gasteiger partial charge in [0, 0.05) is 84.8 Å². The number of methoxy groups -OCH3 is 2. The molecule has 6 aromatic rings. The first kappa shape index (κ1) is 71.9. The summed E-state index contributed by atoms with van der Waals surface area (Å²) in [6, 6.07) is 33.0. The first-order valence-electron chi connectivity index (χ1n) is 34.6. The van der Waals surface area contributed by atoms with Crippen molar-refractivity contribution in [2.75, 3.05) is 82.6 Å². The third-order valence-corrected chi connectivity index (χ3v) is 22.5. The molecule has 0 fully saturated rings. The second-order valence-corrected chi connectivity index (χ2v) is 40.3. The number of amides is 7. The van der Waals surface area contributed by atoms with Crippen LogP contribution in [-0.4, -0.2) is 159 Å². The zero-order valence-corrected chi connectivity index (χ0v) is 61.6. The van der Waals surface area contributed by atoms with Gasteiger partial charge < -0.3 is 68.4 Å². The van der Waals surface area contributed by atoms with Gasteiger partial charge in [-0.1, -0.05) is 120 Å². The molecule has 0 saturated carbocycles. The number of carbonyl (C=O) groups is 7. The normalized spacial score (nSPS) is 17.3. The second kappa shape index (κ2) is 30.3. The SMILES string of the molecule is COc1cc2c(cc1OCCCOc1cc3c(cc1OC)C(=O)N1C=C(c4ccc5c(c4)OCO5)C[C@H]1C(=O)N3COCC[Si](C)(C)C)N(COCC[Si](C)(C)C)C(=O)[C@@H]1CC(c3ccc(NC(=O)C(C)NC(=O)[C@@H](NC(=O)OCC4c5ccccc5-c5ccccc54)C(C)C)cc3)=CN1C2=O. The van der Waals surface area contributed by atoms with Crippen molar-refractivity contribution in [1.29, 1.82) is 0 Å². The minimum absolute atomic E-state index is 0.0760. The number of hydrogen-bond donors (Lipinski definition) is 3. The van der Waals surface area contributed by atoms with Crippen LogP contribution in [0.3, 0.4) is 0 Å². The third-order valence-electron chi connectivity index (χ3n) is 19.1. The van der Waals surface area contributed by atoms with Gasteiger partial charge in [0.2, 0.25) is 18.6 Å². The average molecular weight is 1420 g/mol. The Kier molecular flexibility index (Phi) is 21.4. The Labute approximate surface area is 596 Å². The zero-order valence-electron chi connectivity index (χ0n) is 59.6. The van der Waals surface area contributed by atoms with Crippen LogP contribution in [0.4, 0.5) is 21.9 Å². The Morgan fingerprint density at radius 2 is 1.06 bits per heavy atom. The molecule has 0 bridgehead atoms. The molecule has 25 heteroatoms. The molecule has 6 aliphatic rings. The zero-order chi connectivity index (χ0) is 72.3. The minimum Gasteiger partial charge on any atom is -0.493 e. The molecule has 0 radical (unpaired) electrons. The number of rotatable bonds is 28. The molecule has 1 aliphatic carbocycles. The van der Waals surface area contributed by atoms with Gasteiger partial charge in [-0.05, 0) is 106 Å². The van der Waals surface area contributed by atoms with E-state index in [-0.39, 0.29) is 111 Å². The number of ether oxygens (including phenoxy) is 9. The van der Waals surface area contributed by atoms with Gasteiger partial charge in [-0.3, -0.25) is 38.6 Å². The highest BCUT2D eigenvalue weighted by Crippen LogP contribution is 2.47. The van der Waals surface area contributed by atoms with Crippen molar-refractivity contribution in [2.24, 2.45) is 5.92 Å². The van der Waals surface area contributed by atoms with Gasteiger partial charge in [-0.25, -0.2) is 4.79 Å². The van der Waals surface area contributed by atoms with Crippen molar-refractivity contribution in [2.45, 2.75) is 121 Å². The van der Waals surface area contributed by atoms with Gasteiger partial charge in [-0.2, -0.15) is 0 Å². The Morgan fingerprint density at radius 3 is 1.57 bits per heavy atom. The van der Waals surface area contributed by atoms with Crippen LogP contribution in [0.2, 0.25) is 51.4 Å². The summed E-state index contributed by atoms with van der Waals surface area (Å²) >= 11 is 0. The molecule has 4 atom stereocenters. The number of benzene rings is 6. The van der Waals surface area contributed by atoms with Gasteiger partial charge in [-0.15, -0.1) is 0 Å². The van der Waals surface area contributed by atoms with Crippen LogP contribution in [0.15, 0.2) is 128 Å². The van der Waals surface area contributed by atoms with E-state index in [0.717, 1.165) is 45.5 Å². The predicted octanol–water partition coefficient (Wildman–Crippen LogP) is 12.1. The molecule has 5 aliphatic heterocycles. The van der Waals surface area contributed by atoms with E-state index < -0.39 is 64.1 Å². The van der Waals surface area contributed by atoms with Crippen molar-refractivity contribution >= 4 is 85.9 Å². The maximum absolute atomic E-state index is 15.0. The second-order valence-electron chi connectivity index (χ2n) is 29.0. The molecule has 7 amide bonds. The highest BCUT2D eigenvalue weighted by Gasteiger charge is 2.46. The molecule has 0 aromatic heterocycles. The minimum atomic E-state index is -1.55. The maximum Gasteiger partial charge on any atom is 0.407 e. The topological polar surface area (TPSA) is 252 Å². The summed E-state index contributed by atoms with van der Waals surface area (Å²) < 4.78 is 53.9. The molecule has 102 heavy (non-hydrogen) atoms. The van der Waals surface area contributed by atoms with E-state index in [1.165, 1.54) is 33.8 Å². The molecule has 12 rings (SSSR count). The Morgan fingerprint density at radius 1 is 0.559 bits per heavy atom. The van der Waals surface area contributed by atoms with Crippen molar-refractivity contribution in [3.8, 4) is 45.6 Å². The molecular weight excluding hydrogens is 1340 g/mol. The number of carbonyl (C=O) groups excluding carboxylic acids is 7. The summed E-state index contributed by atoms with van der Waals surface area (Å²) in [5.41, 5.74) is 8.83. The maximum atomic E-state index is 15.0. The number of fused-ring (bicyclic) bond motifs is 8. The van der Waals surface area contributed by atoms with E-state index in [0.29, 0.717) is 65.1 Å². The van der Waals surface area contributed by atoms with Crippen LogP contribution in [0.25, 0.3) is 22.3 Å². The fraction of sp³-hybridized carbons (Fsp3) is 0.390. The lowest BCUT2D eigenvalue weighted by Crippen LogP contribution is -2.53. The van der Waals surface area contributed by atoms with Gasteiger partial charge in [0.1, 0.15) is 44.2 Å². The number of nitrogens with zero attached hydrogens (tertiary/aromatic N) is 4. The summed E-state index contributed by atoms with van der Waals surface area (Å²) in [5.74, 6) is -0.731. The average Bonchev–Trinajstić information content (AvgIpc) is 1.60. The first-order valence-corrected chi connectivity index (χ1v) is 42.1. The molecule has 5 heterocycles. The highest BCUT2D eigenvalue weighted by atomic mass is 28.3. The van der Waals surface area contributed by atoms with Crippen molar-refractivity contribution in [3.05, 3.63) is 161 Å². The molecule has 3 N–H and O–H groups in total. The smallest absolute Gasteiger partial charge is 0.407 e. The van der Waals surface area contributed by atoms with Gasteiger partial charge in [0.05, 0.1) is 49.9 Å². The van der Waals surface area contributed by atoms with Crippen molar-refractivity contribution in [1.82, 2.24) is 20.4 Å². The van der Waals surface area contributed by atoms with Gasteiger partial charge >= 0.3 is 6.09 Å². The monoisotopic (exact) mass is 1420 g/mol. The molecule has 0 saturated heterocycles. The summed E-state index contributed by atoms with van der Waals surface area (Å²) in [6.45, 7) is 19.6. The fourth-order valence-electron chi connectivity index (χ4n) is 13.3.